The lowest BCUT2D eigenvalue weighted by Gasteiger charge is -2.59. The molecule has 3 unspecified atom stereocenters. The van der Waals surface area contributed by atoms with Crippen molar-refractivity contribution in [1.82, 2.24) is 0 Å². The zero-order chi connectivity index (χ0) is 22.6. The molecule has 4 fully saturated rings. The van der Waals surface area contributed by atoms with E-state index < -0.39 is 18.7 Å². The topological polar surface area (TPSA) is 82.8 Å². The van der Waals surface area contributed by atoms with Gasteiger partial charge in [-0.2, -0.15) is 5.26 Å². The first kappa shape index (κ1) is 22.1. The van der Waals surface area contributed by atoms with Crippen LogP contribution in [0, 0.1) is 45.3 Å². The van der Waals surface area contributed by atoms with Crippen LogP contribution in [0.3, 0.4) is 0 Å². The Bertz CT molecular complexity index is 916. The Kier molecular flexibility index (Phi) is 4.60. The predicted molar refractivity (Wildman–Crippen MR) is 120 cm³/mol. The molecule has 1 N–H and O–H groups in total. The predicted octanol–water partition coefficient (Wildman–Crippen LogP) is 5.25. The van der Waals surface area contributed by atoms with Crippen LogP contribution in [-0.2, 0) is 14.1 Å². The Morgan fingerprint density at radius 2 is 2.06 bits per heavy atom. The third-order valence-corrected chi connectivity index (χ3v) is 14.5. The molecule has 4 aliphatic carbocycles. The van der Waals surface area contributed by atoms with Crippen LogP contribution in [0.5, 0.6) is 0 Å². The molecule has 31 heavy (non-hydrogen) atoms. The van der Waals surface area contributed by atoms with Gasteiger partial charge >= 0.3 is 0 Å². The second-order valence-electron chi connectivity index (χ2n) is 11.9. The first-order chi connectivity index (χ1) is 14.4. The van der Waals surface area contributed by atoms with E-state index in [0.717, 1.165) is 32.1 Å². The summed E-state index contributed by atoms with van der Waals surface area (Å²) in [4.78, 5) is 12.2. The first-order valence-electron chi connectivity index (χ1n) is 11.7. The summed E-state index contributed by atoms with van der Waals surface area (Å²) in [5.74, 6) is 1.29. The van der Waals surface area contributed by atoms with Gasteiger partial charge in [-0.05, 0) is 74.4 Å². The van der Waals surface area contributed by atoms with Gasteiger partial charge in [0.15, 0.2) is 5.78 Å². The van der Waals surface area contributed by atoms with E-state index in [9.17, 15) is 15.3 Å². The van der Waals surface area contributed by atoms with Crippen LogP contribution in [0.25, 0.3) is 0 Å². The summed E-state index contributed by atoms with van der Waals surface area (Å²) in [5, 5.41) is 19.6. The fourth-order valence-electron chi connectivity index (χ4n) is 8.77. The highest BCUT2D eigenvalue weighted by molar-refractivity contribution is 6.79. The fourth-order valence-corrected chi connectivity index (χ4v) is 11.1. The number of ketones is 1. The Hall–Kier alpha value is -0.713. The number of halogens is 1. The molecule has 5 aliphatic rings. The van der Waals surface area contributed by atoms with Crippen LogP contribution in [0.2, 0.25) is 13.1 Å². The molecule has 1 heterocycles. The van der Waals surface area contributed by atoms with Gasteiger partial charge in [0, 0.05) is 11.8 Å². The van der Waals surface area contributed by atoms with Crippen LogP contribution in [0.4, 0.5) is 0 Å². The molecule has 5 nitrogen and oxygen atoms in total. The van der Waals surface area contributed by atoms with E-state index in [2.05, 4.69) is 26.8 Å². The Labute approximate surface area is 191 Å². The molecule has 170 valence electrons. The maximum absolute atomic E-state index is 12.2. The molecule has 1 saturated heterocycles. The molecule has 3 saturated carbocycles. The van der Waals surface area contributed by atoms with Crippen molar-refractivity contribution in [2.75, 3.05) is 0 Å². The molecule has 7 heteroatoms. The summed E-state index contributed by atoms with van der Waals surface area (Å²) < 4.78 is 11.6. The lowest BCUT2D eigenvalue weighted by atomic mass is 9.44. The smallest absolute Gasteiger partial charge is 0.251 e. The number of alkyl halides is 1. The molecule has 1 aliphatic heterocycles. The number of ether oxygens (including phenoxy) is 1. The van der Waals surface area contributed by atoms with Gasteiger partial charge in [0.25, 0.3) is 8.32 Å². The number of carbonyl (C=O) groups is 1. The van der Waals surface area contributed by atoms with Crippen LogP contribution < -0.4 is 0 Å². The number of nitrogens with zero attached hydrogens (tertiary/aromatic N) is 1. The van der Waals surface area contributed by atoms with Crippen molar-refractivity contribution >= 4 is 25.7 Å². The van der Waals surface area contributed by atoms with E-state index in [4.69, 9.17) is 20.9 Å². The average molecular weight is 464 g/mol. The van der Waals surface area contributed by atoms with Gasteiger partial charge in [0.05, 0.1) is 22.6 Å². The summed E-state index contributed by atoms with van der Waals surface area (Å²) in [6, 6.07) is 2.67. The molecule has 5 rings (SSSR count). The quantitative estimate of drug-likeness (QED) is 0.203. The van der Waals surface area contributed by atoms with E-state index in [1.54, 1.807) is 0 Å². The number of hydrogen-bond acceptors (Lipinski definition) is 5. The highest BCUT2D eigenvalue weighted by Gasteiger charge is 2.82. The fraction of sp³-hybridized carbons (Fsp3) is 0.833. The minimum atomic E-state index is -2.67. The largest absolute Gasteiger partial charge is 0.365 e. The maximum atomic E-state index is 12.2. The van der Waals surface area contributed by atoms with Crippen molar-refractivity contribution in [3.63, 3.8) is 0 Å². The highest BCUT2D eigenvalue weighted by Crippen LogP contribution is 2.79. The highest BCUT2D eigenvalue weighted by atomic mass is 35.5. The number of hydrogen-bond donors (Lipinski definition) is 1. The normalized spacial score (nSPS) is 51.5. The van der Waals surface area contributed by atoms with E-state index in [0.29, 0.717) is 24.2 Å². The van der Waals surface area contributed by atoms with Gasteiger partial charge in [-0.1, -0.05) is 26.3 Å². The minimum absolute atomic E-state index is 0.0994. The van der Waals surface area contributed by atoms with Crippen molar-refractivity contribution in [3.05, 3.63) is 11.6 Å². The Morgan fingerprint density at radius 1 is 1.35 bits per heavy atom. The van der Waals surface area contributed by atoms with Crippen LogP contribution in [-0.4, -0.2) is 36.1 Å². The van der Waals surface area contributed by atoms with Gasteiger partial charge in [0.1, 0.15) is 5.60 Å². The molecule has 0 aromatic carbocycles. The first-order valence-corrected chi connectivity index (χ1v) is 15.2. The maximum Gasteiger partial charge on any atom is 0.251 e. The lowest BCUT2D eigenvalue weighted by Crippen LogP contribution is -2.62. The molecule has 0 bridgehead atoms. The van der Waals surface area contributed by atoms with Gasteiger partial charge in [0.2, 0.25) is 0 Å². The Balaban J connectivity index is 1.59. The number of fused-ring (bicyclic) bond motifs is 3. The number of epoxide rings is 1. The molecular formula is C24H34ClNO4Si. The second-order valence-corrected chi connectivity index (χ2v) is 16.7. The lowest BCUT2D eigenvalue weighted by molar-refractivity contribution is -0.153. The van der Waals surface area contributed by atoms with Crippen molar-refractivity contribution in [2.24, 2.45) is 34.0 Å². The summed E-state index contributed by atoms with van der Waals surface area (Å²) >= 11 is 7.03. The monoisotopic (exact) mass is 463 g/mol. The van der Waals surface area contributed by atoms with Gasteiger partial charge in [-0.25, -0.2) is 0 Å². The molecule has 0 aromatic rings. The zero-order valence-corrected chi connectivity index (χ0v) is 21.0. The summed E-state index contributed by atoms with van der Waals surface area (Å²) in [6.45, 7) is 10.6. The van der Waals surface area contributed by atoms with Gasteiger partial charge in [-0.15, -0.1) is 11.6 Å². The number of nitriles is 1. The van der Waals surface area contributed by atoms with Crippen LogP contribution >= 0.6 is 11.6 Å². The average Bonchev–Trinajstić information content (AvgIpc) is 3.37. The SMILES string of the molecule is C[C@H]1CC2C3CC[C@@](C#N)(C(Cl)[Si](C)(C)OO)[C@@]3(C)C[C@@H]3O[C@]23[C@@]2(C)CCC(=O)C=C12. The standard InChI is InChI=1S/C24H34ClNO4Si/c1-14-10-18-16-7-9-23(13-26,20(25)31(4,5)30-28)22(16,3)12-19-24(18,29-19)21(2)8-6-15(27)11-17(14)21/h11,14,16,18-20,28H,6-10,12H2,1-5H3/t14-,16?,18?,19-,20?,21-,22-,23+,24+/m0/s1. The third-order valence-electron chi connectivity index (χ3n) is 10.4. The van der Waals surface area contributed by atoms with E-state index in [1.807, 2.05) is 19.2 Å². The van der Waals surface area contributed by atoms with Gasteiger partial charge < -0.3 is 4.74 Å². The van der Waals surface area contributed by atoms with Gasteiger partial charge in [-0.3, -0.25) is 14.6 Å². The van der Waals surface area contributed by atoms with E-state index >= 15 is 0 Å². The van der Waals surface area contributed by atoms with Crippen molar-refractivity contribution in [1.29, 1.82) is 5.26 Å². The summed E-state index contributed by atoms with van der Waals surface area (Å²) in [7, 11) is -2.67. The van der Waals surface area contributed by atoms with E-state index in [1.165, 1.54) is 5.57 Å². The summed E-state index contributed by atoms with van der Waals surface area (Å²) in [5.41, 5.74) is -0.0417. The number of carbonyl (C=O) groups excluding carboxylic acids is 1. The minimum Gasteiger partial charge on any atom is -0.365 e. The third kappa shape index (κ3) is 2.40. The molecular weight excluding hydrogens is 430 g/mol. The van der Waals surface area contributed by atoms with Crippen molar-refractivity contribution in [3.8, 4) is 6.07 Å². The Morgan fingerprint density at radius 3 is 2.71 bits per heavy atom. The van der Waals surface area contributed by atoms with Crippen molar-refractivity contribution in [2.45, 2.75) is 89.1 Å². The van der Waals surface area contributed by atoms with Crippen LogP contribution in [0.1, 0.15) is 59.3 Å². The number of rotatable bonds is 3. The zero-order valence-electron chi connectivity index (χ0n) is 19.2. The molecule has 0 radical (unpaired) electrons. The van der Waals surface area contributed by atoms with Crippen LogP contribution in [0.15, 0.2) is 11.6 Å². The van der Waals surface area contributed by atoms with E-state index in [-0.39, 0.29) is 28.3 Å². The second kappa shape index (κ2) is 6.45. The summed E-state index contributed by atoms with van der Waals surface area (Å²) in [6.07, 6.45) is 6.97. The molecule has 0 aromatic heterocycles. The molecule has 9 atom stereocenters. The van der Waals surface area contributed by atoms with Crippen molar-refractivity contribution < 1.29 is 19.4 Å². The molecule has 0 amide bonds. The molecule has 1 spiro atoms.